The van der Waals surface area contributed by atoms with Crippen LogP contribution < -0.4 is 10.0 Å². The van der Waals surface area contributed by atoms with E-state index in [1.807, 2.05) is 6.92 Å². The first-order chi connectivity index (χ1) is 8.82. The van der Waals surface area contributed by atoms with Crippen LogP contribution in [0, 0.1) is 5.92 Å². The van der Waals surface area contributed by atoms with Crippen molar-refractivity contribution in [2.45, 2.75) is 24.3 Å². The van der Waals surface area contributed by atoms with Gasteiger partial charge in [-0.3, -0.25) is 0 Å². The summed E-state index contributed by atoms with van der Waals surface area (Å²) < 4.78 is 23.1. The Kier molecular flexibility index (Phi) is 3.51. The molecule has 0 spiro atoms. The largest absolute Gasteiger partial charge is 0.480 e. The third kappa shape index (κ3) is 2.57. The first-order valence-corrected chi connectivity index (χ1v) is 7.48. The summed E-state index contributed by atoms with van der Waals surface area (Å²) >= 11 is 0. The van der Waals surface area contributed by atoms with Gasteiger partial charge in [0.1, 0.15) is 10.9 Å². The SMILES string of the molecule is CC1CCN(c2ccccc2S(N)(=O)=O)C1C(=O)O. The van der Waals surface area contributed by atoms with Crippen molar-refractivity contribution in [3.05, 3.63) is 24.3 Å². The molecular formula is C12H16N2O4S. The van der Waals surface area contributed by atoms with Crippen molar-refractivity contribution >= 4 is 21.7 Å². The van der Waals surface area contributed by atoms with E-state index in [1.54, 1.807) is 23.1 Å². The first kappa shape index (κ1) is 13.8. The molecule has 0 bridgehead atoms. The number of primary sulfonamides is 1. The van der Waals surface area contributed by atoms with Crippen molar-refractivity contribution in [1.82, 2.24) is 0 Å². The molecule has 1 saturated heterocycles. The van der Waals surface area contributed by atoms with Crippen LogP contribution in [-0.2, 0) is 14.8 Å². The topological polar surface area (TPSA) is 101 Å². The lowest BCUT2D eigenvalue weighted by atomic mass is 10.0. The zero-order chi connectivity index (χ0) is 14.2. The highest BCUT2D eigenvalue weighted by Gasteiger charge is 2.38. The van der Waals surface area contributed by atoms with Gasteiger partial charge in [-0.25, -0.2) is 18.4 Å². The van der Waals surface area contributed by atoms with Crippen LogP contribution in [0.4, 0.5) is 5.69 Å². The highest BCUT2D eigenvalue weighted by Crippen LogP contribution is 2.33. The van der Waals surface area contributed by atoms with Crippen LogP contribution in [0.25, 0.3) is 0 Å². The molecule has 0 saturated carbocycles. The lowest BCUT2D eigenvalue weighted by Gasteiger charge is -2.26. The maximum atomic E-state index is 11.6. The quantitative estimate of drug-likeness (QED) is 0.848. The zero-order valence-corrected chi connectivity index (χ0v) is 11.3. The van der Waals surface area contributed by atoms with E-state index in [0.29, 0.717) is 18.7 Å². The predicted octanol–water partition coefficient (Wildman–Crippen LogP) is 0.633. The summed E-state index contributed by atoms with van der Waals surface area (Å²) in [6.45, 7) is 2.35. The summed E-state index contributed by atoms with van der Waals surface area (Å²) in [7, 11) is -3.87. The first-order valence-electron chi connectivity index (χ1n) is 5.93. The third-order valence-electron chi connectivity index (χ3n) is 3.43. The van der Waals surface area contributed by atoms with Gasteiger partial charge < -0.3 is 10.0 Å². The predicted molar refractivity (Wildman–Crippen MR) is 70.4 cm³/mol. The summed E-state index contributed by atoms with van der Waals surface area (Å²) in [6.07, 6.45) is 0.704. The maximum absolute atomic E-state index is 11.6. The van der Waals surface area contributed by atoms with E-state index in [4.69, 9.17) is 5.14 Å². The maximum Gasteiger partial charge on any atom is 0.326 e. The highest BCUT2D eigenvalue weighted by atomic mass is 32.2. The van der Waals surface area contributed by atoms with Gasteiger partial charge in [0.05, 0.1) is 5.69 Å². The lowest BCUT2D eigenvalue weighted by molar-refractivity contribution is -0.139. The average Bonchev–Trinajstić information content (AvgIpc) is 2.70. The molecule has 1 aromatic rings. The Bertz CT molecular complexity index is 600. The number of nitrogens with two attached hydrogens (primary N) is 1. The van der Waals surface area contributed by atoms with Crippen LogP contribution >= 0.6 is 0 Å². The summed E-state index contributed by atoms with van der Waals surface area (Å²) in [5.74, 6) is -0.986. The number of hydrogen-bond acceptors (Lipinski definition) is 4. The van der Waals surface area contributed by atoms with Gasteiger partial charge >= 0.3 is 5.97 Å². The van der Waals surface area contributed by atoms with Gasteiger partial charge in [0.2, 0.25) is 10.0 Å². The second-order valence-corrected chi connectivity index (χ2v) is 6.29. The molecule has 0 aliphatic carbocycles. The van der Waals surface area contributed by atoms with Gasteiger partial charge in [0.25, 0.3) is 0 Å². The van der Waals surface area contributed by atoms with E-state index in [-0.39, 0.29) is 10.8 Å². The Labute approximate surface area is 111 Å². The number of carboxylic acid groups (broad SMARTS) is 1. The van der Waals surface area contributed by atoms with Gasteiger partial charge in [-0.2, -0.15) is 0 Å². The monoisotopic (exact) mass is 284 g/mol. The number of carbonyl (C=O) groups is 1. The minimum atomic E-state index is -3.87. The number of sulfonamides is 1. The smallest absolute Gasteiger partial charge is 0.326 e. The zero-order valence-electron chi connectivity index (χ0n) is 10.5. The molecule has 6 nitrogen and oxygen atoms in total. The molecule has 19 heavy (non-hydrogen) atoms. The lowest BCUT2D eigenvalue weighted by Crippen LogP contribution is -2.39. The summed E-state index contributed by atoms with van der Waals surface area (Å²) in [6, 6.07) is 5.51. The van der Waals surface area contributed by atoms with Crippen molar-refractivity contribution in [1.29, 1.82) is 0 Å². The number of benzene rings is 1. The number of nitrogens with zero attached hydrogens (tertiary/aromatic N) is 1. The van der Waals surface area contributed by atoms with Crippen LogP contribution in [-0.4, -0.2) is 32.1 Å². The van der Waals surface area contributed by atoms with E-state index in [2.05, 4.69) is 0 Å². The number of hydrogen-bond donors (Lipinski definition) is 2. The molecule has 2 unspecified atom stereocenters. The van der Waals surface area contributed by atoms with Crippen LogP contribution in [0.15, 0.2) is 29.2 Å². The number of anilines is 1. The summed E-state index contributed by atoms with van der Waals surface area (Å²) in [4.78, 5) is 12.9. The van der Waals surface area contributed by atoms with Gasteiger partial charge in [0, 0.05) is 6.54 Å². The molecule has 1 heterocycles. The van der Waals surface area contributed by atoms with E-state index in [9.17, 15) is 18.3 Å². The Morgan fingerprint density at radius 2 is 2.05 bits per heavy atom. The van der Waals surface area contributed by atoms with Gasteiger partial charge in [-0.15, -0.1) is 0 Å². The summed E-state index contributed by atoms with van der Waals surface area (Å²) in [5, 5.41) is 14.5. The Hall–Kier alpha value is -1.60. The fourth-order valence-electron chi connectivity index (χ4n) is 2.53. The normalized spacial score (nSPS) is 23.6. The fourth-order valence-corrected chi connectivity index (χ4v) is 3.27. The molecule has 0 radical (unpaired) electrons. The van der Waals surface area contributed by atoms with Crippen LogP contribution in [0.5, 0.6) is 0 Å². The van der Waals surface area contributed by atoms with Crippen LogP contribution in [0.1, 0.15) is 13.3 Å². The second kappa shape index (κ2) is 4.82. The molecule has 1 aliphatic rings. The molecule has 2 atom stereocenters. The molecule has 3 N–H and O–H groups in total. The molecular weight excluding hydrogens is 268 g/mol. The number of aliphatic carboxylic acids is 1. The number of rotatable bonds is 3. The van der Waals surface area contributed by atoms with Crippen molar-refractivity contribution in [3.8, 4) is 0 Å². The molecule has 2 rings (SSSR count). The molecule has 7 heteroatoms. The minimum absolute atomic E-state index is 0.0321. The van der Waals surface area contributed by atoms with Crippen molar-refractivity contribution < 1.29 is 18.3 Å². The average molecular weight is 284 g/mol. The fraction of sp³-hybridized carbons (Fsp3) is 0.417. The molecule has 0 aromatic heterocycles. The summed E-state index contributed by atoms with van der Waals surface area (Å²) in [5.41, 5.74) is 0.363. The van der Waals surface area contributed by atoms with Crippen LogP contribution in [0.3, 0.4) is 0 Å². The number of carboxylic acids is 1. The molecule has 1 aliphatic heterocycles. The van der Waals surface area contributed by atoms with E-state index >= 15 is 0 Å². The molecule has 0 amide bonds. The minimum Gasteiger partial charge on any atom is -0.480 e. The van der Waals surface area contributed by atoms with E-state index in [0.717, 1.165) is 0 Å². The van der Waals surface area contributed by atoms with Gasteiger partial charge in [0.15, 0.2) is 0 Å². The van der Waals surface area contributed by atoms with Gasteiger partial charge in [-0.1, -0.05) is 19.1 Å². The molecule has 1 aromatic carbocycles. The molecule has 1 fully saturated rings. The standard InChI is InChI=1S/C12H16N2O4S/c1-8-6-7-14(11(8)12(15)16)9-4-2-3-5-10(9)19(13,17)18/h2-5,8,11H,6-7H2,1H3,(H,15,16)(H2,13,17,18). The Balaban J connectivity index is 2.51. The second-order valence-electron chi connectivity index (χ2n) is 4.76. The van der Waals surface area contributed by atoms with E-state index in [1.165, 1.54) is 6.07 Å². The highest BCUT2D eigenvalue weighted by molar-refractivity contribution is 7.89. The Morgan fingerprint density at radius 1 is 1.42 bits per heavy atom. The number of para-hydroxylation sites is 1. The van der Waals surface area contributed by atoms with Crippen molar-refractivity contribution in [3.63, 3.8) is 0 Å². The molecule has 104 valence electrons. The van der Waals surface area contributed by atoms with Crippen molar-refractivity contribution in [2.75, 3.05) is 11.4 Å². The van der Waals surface area contributed by atoms with Gasteiger partial charge in [-0.05, 0) is 24.5 Å². The van der Waals surface area contributed by atoms with Crippen molar-refractivity contribution in [2.24, 2.45) is 11.1 Å². The Morgan fingerprint density at radius 3 is 2.63 bits per heavy atom. The third-order valence-corrected chi connectivity index (χ3v) is 4.39. The van der Waals surface area contributed by atoms with Crippen LogP contribution in [0.2, 0.25) is 0 Å². The van der Waals surface area contributed by atoms with E-state index < -0.39 is 22.0 Å².